The number of carbonyl (C=O) groups excluding carboxylic acids is 1. The first-order chi connectivity index (χ1) is 12.3. The van der Waals surface area contributed by atoms with Crippen molar-refractivity contribution in [2.45, 2.75) is 51.2 Å². The van der Waals surface area contributed by atoms with Gasteiger partial charge >= 0.3 is 0 Å². The number of hydrogen-bond donors (Lipinski definition) is 1. The highest BCUT2D eigenvalue weighted by atomic mass is 16.5. The van der Waals surface area contributed by atoms with Crippen LogP contribution in [0.3, 0.4) is 0 Å². The zero-order chi connectivity index (χ0) is 19.2. The second kappa shape index (κ2) is 9.49. The Balaban J connectivity index is 2.11. The van der Waals surface area contributed by atoms with Gasteiger partial charge in [0.2, 0.25) is 0 Å². The van der Waals surface area contributed by atoms with Crippen LogP contribution in [0, 0.1) is 0 Å². The van der Waals surface area contributed by atoms with E-state index >= 15 is 0 Å². The molecule has 26 heavy (non-hydrogen) atoms. The summed E-state index contributed by atoms with van der Waals surface area (Å²) in [4.78, 5) is 17.5. The average molecular weight is 363 g/mol. The van der Waals surface area contributed by atoms with Crippen LogP contribution in [0.25, 0.3) is 0 Å². The molecule has 0 aromatic heterocycles. The number of nitrogens with zero attached hydrogens (tertiary/aromatic N) is 2. The number of methoxy groups -OCH3 is 1. The summed E-state index contributed by atoms with van der Waals surface area (Å²) in [6, 6.07) is 8.11. The molecule has 1 aliphatic heterocycles. The van der Waals surface area contributed by atoms with Gasteiger partial charge in [0.25, 0.3) is 5.91 Å². The summed E-state index contributed by atoms with van der Waals surface area (Å²) in [7, 11) is 3.80. The number of rotatable bonds is 8. The van der Waals surface area contributed by atoms with Crippen LogP contribution >= 0.6 is 0 Å². The topological polar surface area (TPSA) is 53.0 Å². The number of hydrogen-bond acceptors (Lipinski definition) is 4. The van der Waals surface area contributed by atoms with Crippen LogP contribution in [0.5, 0.6) is 0 Å². The predicted octanol–water partition coefficient (Wildman–Crippen LogP) is 2.57. The summed E-state index contributed by atoms with van der Waals surface area (Å²) in [5.74, 6) is 0.0849. The van der Waals surface area contributed by atoms with Crippen LogP contribution in [-0.4, -0.2) is 72.9 Å². The van der Waals surface area contributed by atoms with Gasteiger partial charge in [0.05, 0.1) is 12.2 Å². The van der Waals surface area contributed by atoms with E-state index in [9.17, 15) is 9.90 Å². The van der Waals surface area contributed by atoms with Crippen molar-refractivity contribution in [3.63, 3.8) is 0 Å². The molecule has 5 heteroatoms. The number of carbonyl (C=O) groups is 1. The van der Waals surface area contributed by atoms with Crippen LogP contribution in [0.1, 0.15) is 49.0 Å². The Morgan fingerprint density at radius 3 is 2.65 bits per heavy atom. The Kier molecular flexibility index (Phi) is 7.62. The van der Waals surface area contributed by atoms with Gasteiger partial charge in [0, 0.05) is 25.3 Å². The highest BCUT2D eigenvalue weighted by Crippen LogP contribution is 2.20. The van der Waals surface area contributed by atoms with Crippen molar-refractivity contribution in [3.8, 4) is 0 Å². The normalized spacial score (nSPS) is 16.7. The molecule has 0 saturated carbocycles. The Labute approximate surface area is 157 Å². The smallest absolute Gasteiger partial charge is 0.254 e. The molecule has 0 radical (unpaired) electrons. The van der Waals surface area contributed by atoms with Crippen molar-refractivity contribution in [3.05, 3.63) is 35.4 Å². The SMILES string of the molecule is COCCN(C(=O)c1cccc(CCC(C)(C)O)c1)C1CCN(C)CC1. The fraction of sp³-hybridized carbons (Fsp3) is 0.667. The molecule has 1 aliphatic rings. The van der Waals surface area contributed by atoms with Gasteiger partial charge in [0.15, 0.2) is 0 Å². The number of ether oxygens (including phenoxy) is 1. The summed E-state index contributed by atoms with van der Waals surface area (Å²) in [6.07, 6.45) is 3.44. The van der Waals surface area contributed by atoms with Crippen molar-refractivity contribution in [2.75, 3.05) is 40.4 Å². The maximum absolute atomic E-state index is 13.2. The lowest BCUT2D eigenvalue weighted by molar-refractivity contribution is 0.0505. The minimum Gasteiger partial charge on any atom is -0.390 e. The van der Waals surface area contributed by atoms with E-state index in [1.54, 1.807) is 7.11 Å². The van der Waals surface area contributed by atoms with Crippen molar-refractivity contribution in [2.24, 2.45) is 0 Å². The van der Waals surface area contributed by atoms with E-state index in [0.717, 1.165) is 43.5 Å². The molecule has 0 aliphatic carbocycles. The van der Waals surface area contributed by atoms with E-state index in [0.29, 0.717) is 19.6 Å². The van der Waals surface area contributed by atoms with Gasteiger partial charge in [-0.25, -0.2) is 0 Å². The van der Waals surface area contributed by atoms with Crippen molar-refractivity contribution < 1.29 is 14.6 Å². The van der Waals surface area contributed by atoms with Crippen LogP contribution < -0.4 is 0 Å². The fourth-order valence-electron chi connectivity index (χ4n) is 3.42. The number of amides is 1. The molecule has 1 N–H and O–H groups in total. The number of aryl methyl sites for hydroxylation is 1. The molecule has 1 saturated heterocycles. The molecule has 1 fully saturated rings. The zero-order valence-electron chi connectivity index (χ0n) is 16.7. The Morgan fingerprint density at radius 1 is 1.35 bits per heavy atom. The maximum atomic E-state index is 13.2. The molecule has 5 nitrogen and oxygen atoms in total. The molecule has 1 aromatic rings. The first-order valence-electron chi connectivity index (χ1n) is 9.60. The van der Waals surface area contributed by atoms with Crippen molar-refractivity contribution >= 4 is 5.91 Å². The van der Waals surface area contributed by atoms with Crippen LogP contribution in [0.2, 0.25) is 0 Å². The first kappa shape index (κ1) is 20.9. The number of benzene rings is 1. The van der Waals surface area contributed by atoms with E-state index in [4.69, 9.17) is 4.74 Å². The standard InChI is InChI=1S/C21H34N2O3/c1-21(2,25)11-8-17-6-5-7-18(16-17)20(24)23(14-15-26-4)19-9-12-22(3)13-10-19/h5-7,16,19,25H,8-15H2,1-4H3. The van der Waals surface area contributed by atoms with E-state index in [1.165, 1.54) is 0 Å². The second-order valence-electron chi connectivity index (χ2n) is 8.04. The number of aliphatic hydroxyl groups is 1. The molecule has 0 unspecified atom stereocenters. The van der Waals surface area contributed by atoms with Gasteiger partial charge in [-0.2, -0.15) is 0 Å². The Morgan fingerprint density at radius 2 is 2.04 bits per heavy atom. The minimum atomic E-state index is -0.696. The third-order valence-electron chi connectivity index (χ3n) is 5.13. The van der Waals surface area contributed by atoms with Gasteiger partial charge < -0.3 is 19.6 Å². The van der Waals surface area contributed by atoms with E-state index in [-0.39, 0.29) is 11.9 Å². The molecule has 146 valence electrons. The van der Waals surface area contributed by atoms with Crippen molar-refractivity contribution in [1.82, 2.24) is 9.80 Å². The Hall–Kier alpha value is -1.43. The van der Waals surface area contributed by atoms with Crippen LogP contribution in [0.4, 0.5) is 0 Å². The maximum Gasteiger partial charge on any atom is 0.254 e. The average Bonchev–Trinajstić information content (AvgIpc) is 2.61. The Bertz CT molecular complexity index is 575. The van der Waals surface area contributed by atoms with Crippen LogP contribution in [-0.2, 0) is 11.2 Å². The third-order valence-corrected chi connectivity index (χ3v) is 5.13. The molecule has 2 rings (SSSR count). The summed E-state index contributed by atoms with van der Waals surface area (Å²) < 4.78 is 5.24. The van der Waals surface area contributed by atoms with Crippen LogP contribution in [0.15, 0.2) is 24.3 Å². The second-order valence-corrected chi connectivity index (χ2v) is 8.04. The zero-order valence-corrected chi connectivity index (χ0v) is 16.7. The molecule has 1 aromatic carbocycles. The first-order valence-corrected chi connectivity index (χ1v) is 9.60. The molecule has 0 atom stereocenters. The third kappa shape index (κ3) is 6.38. The molecule has 0 spiro atoms. The van der Waals surface area contributed by atoms with Crippen molar-refractivity contribution in [1.29, 1.82) is 0 Å². The molecule has 0 bridgehead atoms. The highest BCUT2D eigenvalue weighted by molar-refractivity contribution is 5.94. The van der Waals surface area contributed by atoms with E-state index < -0.39 is 5.60 Å². The van der Waals surface area contributed by atoms with Gasteiger partial charge in [-0.05, 0) is 77.4 Å². The molecular formula is C21H34N2O3. The van der Waals surface area contributed by atoms with Gasteiger partial charge in [0.1, 0.15) is 0 Å². The minimum absolute atomic E-state index is 0.0849. The highest BCUT2D eigenvalue weighted by Gasteiger charge is 2.27. The predicted molar refractivity (Wildman–Crippen MR) is 104 cm³/mol. The van der Waals surface area contributed by atoms with Gasteiger partial charge in [-0.3, -0.25) is 4.79 Å². The largest absolute Gasteiger partial charge is 0.390 e. The van der Waals surface area contributed by atoms with E-state index in [2.05, 4.69) is 11.9 Å². The number of piperidine rings is 1. The fourth-order valence-corrected chi connectivity index (χ4v) is 3.42. The van der Waals surface area contributed by atoms with E-state index in [1.807, 2.05) is 43.0 Å². The molecule has 1 heterocycles. The number of likely N-dealkylation sites (tertiary alicyclic amines) is 1. The monoisotopic (exact) mass is 362 g/mol. The van der Waals surface area contributed by atoms with Gasteiger partial charge in [-0.15, -0.1) is 0 Å². The molecule has 1 amide bonds. The summed E-state index contributed by atoms with van der Waals surface area (Å²) in [5.41, 5.74) is 1.12. The lowest BCUT2D eigenvalue weighted by Gasteiger charge is -2.37. The van der Waals surface area contributed by atoms with Gasteiger partial charge in [-0.1, -0.05) is 12.1 Å². The lowest BCUT2D eigenvalue weighted by Crippen LogP contribution is -2.47. The summed E-state index contributed by atoms with van der Waals surface area (Å²) in [6.45, 7) is 6.84. The lowest BCUT2D eigenvalue weighted by atomic mass is 9.97. The summed E-state index contributed by atoms with van der Waals surface area (Å²) in [5, 5.41) is 9.94. The summed E-state index contributed by atoms with van der Waals surface area (Å²) >= 11 is 0. The molecular weight excluding hydrogens is 328 g/mol. The quantitative estimate of drug-likeness (QED) is 0.772.